The molecule has 0 saturated heterocycles. The van der Waals surface area contributed by atoms with Crippen molar-refractivity contribution < 1.29 is 1.43 Å². The summed E-state index contributed by atoms with van der Waals surface area (Å²) >= 11 is 0. The van der Waals surface area contributed by atoms with Gasteiger partial charge in [-0.05, 0) is 0 Å². The highest BCUT2D eigenvalue weighted by Gasteiger charge is 0.000113. The van der Waals surface area contributed by atoms with Crippen molar-refractivity contribution in [3.05, 3.63) is 0 Å². The van der Waals surface area contributed by atoms with Crippen LogP contribution in [-0.2, 0) is 0 Å². The van der Waals surface area contributed by atoms with Crippen molar-refractivity contribution in [3.63, 3.8) is 0 Å². The van der Waals surface area contributed by atoms with Gasteiger partial charge in [-0.2, -0.15) is 0 Å². The molecule has 0 atom stereocenters. The molecule has 0 unspecified atom stereocenters. The first-order valence-electron chi connectivity index (χ1n) is 0. The first-order valence-corrected chi connectivity index (χ1v) is 0. The summed E-state index contributed by atoms with van der Waals surface area (Å²) in [7, 11) is 0. The molecule has 1 heteroatoms. The molecule has 3 radical (unpaired) electrons. The average Bonchev–Trinajstić information content (AvgIpc) is 0. The Labute approximate surface area is 70.1 Å². The lowest BCUT2D eigenvalue weighted by Gasteiger charge is -0.0786. The van der Waals surface area contributed by atoms with Gasteiger partial charge in [0.1, 0.15) is 0 Å². The third-order valence-electron chi connectivity index (χ3n) is 0. The predicted molar refractivity (Wildman–Crippen MR) is 61.7 cm³/mol. The second-order valence-corrected chi connectivity index (χ2v) is 0. The quantitative estimate of drug-likeness (QED) is 0.419. The van der Waals surface area contributed by atoms with E-state index in [2.05, 4.69) is 0 Å². The van der Waals surface area contributed by atoms with Crippen molar-refractivity contribution >= 4 is 8.41 Å². The van der Waals surface area contributed by atoms with E-state index in [0.29, 0.717) is 0 Å². The van der Waals surface area contributed by atoms with Gasteiger partial charge in [0, 0.05) is 9.84 Å². The number of hydrogen-bond donors (Lipinski definition) is 0. The summed E-state index contributed by atoms with van der Waals surface area (Å²) in [6.45, 7) is 0. The maximum absolute atomic E-state index is 0. The molecule has 0 bridgehead atoms. The van der Waals surface area contributed by atoms with Crippen LogP contribution in [0.4, 0.5) is 0 Å². The first-order chi connectivity index (χ1) is 0. The van der Waals surface area contributed by atoms with Crippen LogP contribution in [0.3, 0.4) is 0 Å². The van der Waals surface area contributed by atoms with Crippen molar-refractivity contribution in [1.29, 1.82) is 0 Å². The zero-order valence-electron chi connectivity index (χ0n) is 0.577. The smallest absolute Gasteiger partial charge is 0 e. The zero-order chi connectivity index (χ0) is 0. The molecule has 0 aliphatic rings. The van der Waals surface area contributed by atoms with Crippen LogP contribution < -0.4 is 0 Å². The topological polar surface area (TPSA) is 0 Å². The normalized spacial score (nSPS) is 0. The van der Waals surface area contributed by atoms with Crippen molar-refractivity contribution in [3.8, 4) is 0 Å². The average molecular weight is 142 g/mol. The summed E-state index contributed by atoms with van der Waals surface area (Å²) in [5.74, 6) is 0. The molecule has 0 fully saturated rings. The second kappa shape index (κ2) is 95500. The first kappa shape index (κ1) is 140000. The van der Waals surface area contributed by atoms with Crippen LogP contribution in [0.15, 0.2) is 0 Å². The molecule has 69 valence electrons. The fourth-order valence-corrected chi connectivity index (χ4v) is 0. The van der Waals surface area contributed by atoms with E-state index in [1.165, 1.54) is 0 Å². The van der Waals surface area contributed by atoms with Gasteiger partial charge in [0.2, 0.25) is 0 Å². The zero-order valence-corrected chi connectivity index (χ0v) is 0.577. The van der Waals surface area contributed by atoms with E-state index in [0.717, 1.165) is 0 Å². The van der Waals surface area contributed by atoms with E-state index in [-0.39, 0.29) is 69.3 Å². The van der Waals surface area contributed by atoms with Crippen LogP contribution in [0.2, 0.25) is 0 Å². The molecule has 0 rings (SSSR count). The highest BCUT2D eigenvalue weighted by atomic mass is 12.0. The molecule has 0 heterocycles. The lowest BCUT2D eigenvalue weighted by atomic mass is 10.8. The van der Waals surface area contributed by atoms with Crippen LogP contribution in [0.1, 0.15) is 60.8 Å². The van der Waals surface area contributed by atoms with Crippen LogP contribution in [0.5, 0.6) is 0 Å². The highest BCUT2D eigenvalue weighted by molar-refractivity contribution is 5.75. The van der Waals surface area contributed by atoms with Crippen LogP contribution in [0, 0.1) is 0 Å². The van der Waals surface area contributed by atoms with E-state index in [9.17, 15) is 0 Å². The second-order valence-electron chi connectivity index (χ2n) is 0. The van der Waals surface area contributed by atoms with Crippen molar-refractivity contribution in [2.75, 3.05) is 0 Å². The summed E-state index contributed by atoms with van der Waals surface area (Å²) in [6.07, 6.45) is 0. The van der Waals surface area contributed by atoms with Crippen molar-refractivity contribution in [2.45, 2.75) is 59.4 Å². The third-order valence-corrected chi connectivity index (χ3v) is 0. The van der Waals surface area contributed by atoms with Crippen LogP contribution in [0.25, 0.3) is 0 Å². The minimum absolute atomic E-state index is 0. The minimum atomic E-state index is 0. The minimum Gasteiger partial charge on any atom is -0.0776 e. The fraction of sp³-hybridized carbons (Fsp3) is 1.00. The van der Waals surface area contributed by atoms with Gasteiger partial charge >= 0.3 is 0 Å². The SMILES string of the molecule is C.C.C.C.C.C.C.C.[2HH].[B]. The van der Waals surface area contributed by atoms with Crippen LogP contribution in [-0.4, -0.2) is 8.41 Å². The lowest BCUT2D eigenvalue weighted by Crippen LogP contribution is -0.381. The van der Waals surface area contributed by atoms with Gasteiger partial charge in [0.05, 0.1) is 0 Å². The Morgan fingerprint density at radius 1 is 0.333 bits per heavy atom. The molecule has 0 aromatic heterocycles. The molecule has 0 aliphatic heterocycles. The molecule has 0 spiro atoms. The molecule has 0 N–H and O–H groups in total. The van der Waals surface area contributed by atoms with Gasteiger partial charge in [-0.1, -0.05) is 59.4 Å². The monoisotopic (exact) mass is 142 g/mol. The van der Waals surface area contributed by atoms with Gasteiger partial charge in [-0.25, -0.2) is 0 Å². The molecular weight excluding hydrogens is 107 g/mol. The Morgan fingerprint density at radius 3 is 0.333 bits per heavy atom. The highest BCUT2D eigenvalue weighted by Crippen LogP contribution is 0.151. The van der Waals surface area contributed by atoms with E-state index in [1.54, 1.807) is 0 Å². The van der Waals surface area contributed by atoms with Crippen molar-refractivity contribution in [2.24, 2.45) is 0 Å². The largest absolute Gasteiger partial charge is 0.0776 e. The summed E-state index contributed by atoms with van der Waals surface area (Å²) in [4.78, 5) is 0. The molecule has 0 amide bonds. The molecule has 0 nitrogen and oxygen atoms in total. The lowest BCUT2D eigenvalue weighted by molar-refractivity contribution is 2.50. The maximum Gasteiger partial charge on any atom is 0 e. The molecule has 0 aliphatic carbocycles. The van der Waals surface area contributed by atoms with E-state index in [4.69, 9.17) is 0 Å². The summed E-state index contributed by atoms with van der Waals surface area (Å²) in [6, 6.07) is 0. The van der Waals surface area contributed by atoms with E-state index < -0.39 is 0 Å². The van der Waals surface area contributed by atoms with Gasteiger partial charge in [-0.15, -0.1) is 0 Å². The predicted octanol–water partition coefficient (Wildman–Crippen LogP) is 4.95. The molecule has 0 aromatic carbocycles. The Balaban J connectivity index is 0. The maximum atomic E-state index is 0. The fourth-order valence-electron chi connectivity index (χ4n) is 0. The molecule has 0 aromatic rings. The summed E-state index contributed by atoms with van der Waals surface area (Å²) in [5, 5.41) is 0. The Kier molecular flexibility index (Phi) is 1480000000. The van der Waals surface area contributed by atoms with Gasteiger partial charge < -0.3 is 0 Å². The molecular formula is C8H34B. The van der Waals surface area contributed by atoms with E-state index >= 15 is 0 Å². The van der Waals surface area contributed by atoms with Gasteiger partial charge in [0.25, 0.3) is 0 Å². The Bertz CT molecular complexity index is 9.22. The number of rotatable bonds is 0. The summed E-state index contributed by atoms with van der Waals surface area (Å²) < 4.78 is 0. The standard InChI is InChI=1S/8CH4.B.H2/h8*1H4;;1H/i;;;;;;;;;1+1. The molecule has 9 heavy (non-hydrogen) atoms. The van der Waals surface area contributed by atoms with Crippen molar-refractivity contribution in [1.82, 2.24) is 0 Å². The van der Waals surface area contributed by atoms with Gasteiger partial charge in [-0.3, -0.25) is 0 Å². The van der Waals surface area contributed by atoms with Crippen LogP contribution >= 0.6 is 0 Å². The number of hydrogen-bond acceptors (Lipinski definition) is 0. The Hall–Kier alpha value is 0.0649. The Morgan fingerprint density at radius 2 is 0.333 bits per heavy atom. The van der Waals surface area contributed by atoms with E-state index in [1.807, 2.05) is 0 Å². The third kappa shape index (κ3) is 70400. The summed E-state index contributed by atoms with van der Waals surface area (Å²) in [5.41, 5.74) is 0. The van der Waals surface area contributed by atoms with Gasteiger partial charge in [0.15, 0.2) is 0 Å². The molecule has 0 saturated carbocycles.